The SMILES string of the molecule is C=C/C=C(\C=C)Cc1ccccc1C(C)=O. The van der Waals surface area contributed by atoms with Crippen LogP contribution in [0.4, 0.5) is 0 Å². The first-order valence-corrected chi connectivity index (χ1v) is 5.22. The Morgan fingerprint density at radius 1 is 1.31 bits per heavy atom. The highest BCUT2D eigenvalue weighted by Crippen LogP contribution is 2.15. The van der Waals surface area contributed by atoms with Gasteiger partial charge < -0.3 is 0 Å². The van der Waals surface area contributed by atoms with Gasteiger partial charge in [0.05, 0.1) is 0 Å². The molecule has 1 aromatic rings. The smallest absolute Gasteiger partial charge is 0.160 e. The zero-order valence-electron chi connectivity index (χ0n) is 9.57. The summed E-state index contributed by atoms with van der Waals surface area (Å²) in [7, 11) is 0. The van der Waals surface area contributed by atoms with E-state index in [-0.39, 0.29) is 5.78 Å². The Labute approximate surface area is 96.8 Å². The largest absolute Gasteiger partial charge is 0.295 e. The van der Waals surface area contributed by atoms with Crippen molar-refractivity contribution >= 4 is 5.78 Å². The molecule has 0 aliphatic heterocycles. The first-order chi connectivity index (χ1) is 7.69. The van der Waals surface area contributed by atoms with E-state index in [1.165, 1.54) is 0 Å². The van der Waals surface area contributed by atoms with Crippen LogP contribution < -0.4 is 0 Å². The summed E-state index contributed by atoms with van der Waals surface area (Å²) in [6.07, 6.45) is 6.14. The summed E-state index contributed by atoms with van der Waals surface area (Å²) in [5.74, 6) is 0.0950. The number of carbonyl (C=O) groups is 1. The van der Waals surface area contributed by atoms with E-state index >= 15 is 0 Å². The van der Waals surface area contributed by atoms with Gasteiger partial charge in [-0.1, -0.05) is 55.7 Å². The van der Waals surface area contributed by atoms with Gasteiger partial charge in [0.25, 0.3) is 0 Å². The Balaban J connectivity index is 3.05. The third-order valence-corrected chi connectivity index (χ3v) is 2.39. The van der Waals surface area contributed by atoms with Crippen molar-refractivity contribution < 1.29 is 4.79 Å². The van der Waals surface area contributed by atoms with E-state index in [0.29, 0.717) is 6.42 Å². The molecular weight excluding hydrogens is 196 g/mol. The topological polar surface area (TPSA) is 17.1 Å². The summed E-state index contributed by atoms with van der Waals surface area (Å²) in [6.45, 7) is 8.99. The van der Waals surface area contributed by atoms with Gasteiger partial charge in [0.15, 0.2) is 5.78 Å². The third-order valence-electron chi connectivity index (χ3n) is 2.39. The van der Waals surface area contributed by atoms with Gasteiger partial charge in [0.1, 0.15) is 0 Å². The zero-order chi connectivity index (χ0) is 12.0. The molecule has 0 N–H and O–H groups in total. The Morgan fingerprint density at radius 3 is 2.56 bits per heavy atom. The normalized spacial score (nSPS) is 10.9. The van der Waals surface area contributed by atoms with Crippen LogP contribution in [0.15, 0.2) is 61.2 Å². The molecule has 0 fully saturated rings. The van der Waals surface area contributed by atoms with E-state index in [4.69, 9.17) is 0 Å². The molecule has 1 heteroatoms. The maximum atomic E-state index is 11.4. The van der Waals surface area contributed by atoms with E-state index < -0.39 is 0 Å². The molecule has 0 atom stereocenters. The minimum absolute atomic E-state index is 0.0950. The number of benzene rings is 1. The van der Waals surface area contributed by atoms with Crippen molar-refractivity contribution in [2.75, 3.05) is 0 Å². The molecule has 0 saturated heterocycles. The number of hydrogen-bond donors (Lipinski definition) is 0. The van der Waals surface area contributed by atoms with Gasteiger partial charge in [-0.05, 0) is 24.5 Å². The lowest BCUT2D eigenvalue weighted by Crippen LogP contribution is -2.00. The fourth-order valence-corrected chi connectivity index (χ4v) is 1.59. The molecule has 0 heterocycles. The molecule has 0 bridgehead atoms. The lowest BCUT2D eigenvalue weighted by atomic mass is 9.97. The Kier molecular flexibility index (Phi) is 4.46. The van der Waals surface area contributed by atoms with Crippen molar-refractivity contribution in [3.05, 3.63) is 72.4 Å². The van der Waals surface area contributed by atoms with Crippen LogP contribution in [0, 0.1) is 0 Å². The van der Waals surface area contributed by atoms with Gasteiger partial charge in [0.2, 0.25) is 0 Å². The predicted molar refractivity (Wildman–Crippen MR) is 68.6 cm³/mol. The van der Waals surface area contributed by atoms with Crippen LogP contribution in [0.5, 0.6) is 0 Å². The molecule has 1 nitrogen and oxygen atoms in total. The van der Waals surface area contributed by atoms with Gasteiger partial charge in [-0.15, -0.1) is 0 Å². The molecule has 0 radical (unpaired) electrons. The highest BCUT2D eigenvalue weighted by molar-refractivity contribution is 5.95. The van der Waals surface area contributed by atoms with Gasteiger partial charge in [-0.2, -0.15) is 0 Å². The molecule has 0 aliphatic rings. The van der Waals surface area contributed by atoms with Gasteiger partial charge in [0, 0.05) is 5.56 Å². The van der Waals surface area contributed by atoms with Gasteiger partial charge in [-0.3, -0.25) is 4.79 Å². The molecule has 0 amide bonds. The molecule has 16 heavy (non-hydrogen) atoms. The molecule has 0 unspecified atom stereocenters. The maximum Gasteiger partial charge on any atom is 0.160 e. The minimum Gasteiger partial charge on any atom is -0.295 e. The summed E-state index contributed by atoms with van der Waals surface area (Å²) in [5.41, 5.74) is 2.87. The van der Waals surface area contributed by atoms with Crippen LogP contribution in [0.1, 0.15) is 22.8 Å². The van der Waals surface area contributed by atoms with Crippen molar-refractivity contribution in [1.29, 1.82) is 0 Å². The predicted octanol–water partition coefficient (Wildman–Crippen LogP) is 3.73. The minimum atomic E-state index is 0.0950. The molecule has 0 aliphatic carbocycles. The van der Waals surface area contributed by atoms with E-state index in [1.807, 2.05) is 30.3 Å². The van der Waals surface area contributed by atoms with E-state index in [9.17, 15) is 4.79 Å². The third kappa shape index (κ3) is 3.06. The van der Waals surface area contributed by atoms with Crippen LogP contribution in [0.3, 0.4) is 0 Å². The summed E-state index contributed by atoms with van der Waals surface area (Å²) in [6, 6.07) is 7.64. The first-order valence-electron chi connectivity index (χ1n) is 5.22. The molecule has 0 saturated carbocycles. The van der Waals surface area contributed by atoms with E-state index in [2.05, 4.69) is 13.2 Å². The Hall–Kier alpha value is -1.89. The van der Waals surface area contributed by atoms with Crippen molar-refractivity contribution in [2.45, 2.75) is 13.3 Å². The maximum absolute atomic E-state index is 11.4. The number of Topliss-reactive ketones (excluding diaryl/α,β-unsaturated/α-hetero) is 1. The summed E-state index contributed by atoms with van der Waals surface area (Å²) in [5, 5.41) is 0. The van der Waals surface area contributed by atoms with Crippen LogP contribution in [-0.4, -0.2) is 5.78 Å². The number of allylic oxidation sites excluding steroid dienone is 4. The summed E-state index contributed by atoms with van der Waals surface area (Å²) >= 11 is 0. The molecule has 0 aromatic heterocycles. The number of carbonyl (C=O) groups excluding carboxylic acids is 1. The van der Waals surface area contributed by atoms with E-state index in [1.54, 1.807) is 19.1 Å². The first kappa shape index (κ1) is 12.2. The highest BCUT2D eigenvalue weighted by atomic mass is 16.1. The van der Waals surface area contributed by atoms with Crippen molar-refractivity contribution in [2.24, 2.45) is 0 Å². The second-order valence-electron chi connectivity index (χ2n) is 3.57. The van der Waals surface area contributed by atoms with Gasteiger partial charge >= 0.3 is 0 Å². The standard InChI is InChI=1S/C15H16O/c1-4-8-13(5-2)11-14-9-6-7-10-15(14)12(3)16/h4-10H,1-2,11H2,3H3/b13-8+. The van der Waals surface area contributed by atoms with Crippen molar-refractivity contribution in [3.63, 3.8) is 0 Å². The zero-order valence-corrected chi connectivity index (χ0v) is 9.57. The summed E-state index contributed by atoms with van der Waals surface area (Å²) in [4.78, 5) is 11.4. The Bertz CT molecular complexity index is 439. The van der Waals surface area contributed by atoms with Gasteiger partial charge in [-0.25, -0.2) is 0 Å². The van der Waals surface area contributed by atoms with E-state index in [0.717, 1.165) is 16.7 Å². The van der Waals surface area contributed by atoms with Crippen LogP contribution in [0.25, 0.3) is 0 Å². The molecule has 1 rings (SSSR count). The van der Waals surface area contributed by atoms with Crippen molar-refractivity contribution in [3.8, 4) is 0 Å². The monoisotopic (exact) mass is 212 g/mol. The molecule has 0 spiro atoms. The molecular formula is C15H16O. The fraction of sp³-hybridized carbons (Fsp3) is 0.133. The van der Waals surface area contributed by atoms with Crippen LogP contribution >= 0.6 is 0 Å². The lowest BCUT2D eigenvalue weighted by Gasteiger charge is -2.06. The molecule has 82 valence electrons. The Morgan fingerprint density at radius 2 is 2.00 bits per heavy atom. The average molecular weight is 212 g/mol. The number of hydrogen-bond acceptors (Lipinski definition) is 1. The number of rotatable bonds is 5. The second kappa shape index (κ2) is 5.86. The highest BCUT2D eigenvalue weighted by Gasteiger charge is 2.06. The molecule has 1 aromatic carbocycles. The quantitative estimate of drug-likeness (QED) is 0.537. The second-order valence-corrected chi connectivity index (χ2v) is 3.57. The fourth-order valence-electron chi connectivity index (χ4n) is 1.59. The average Bonchev–Trinajstić information content (AvgIpc) is 2.29. The van der Waals surface area contributed by atoms with Crippen LogP contribution in [0.2, 0.25) is 0 Å². The lowest BCUT2D eigenvalue weighted by molar-refractivity contribution is 0.101. The summed E-state index contributed by atoms with van der Waals surface area (Å²) < 4.78 is 0. The number of ketones is 1. The van der Waals surface area contributed by atoms with Crippen LogP contribution in [-0.2, 0) is 6.42 Å². The van der Waals surface area contributed by atoms with Crippen molar-refractivity contribution in [1.82, 2.24) is 0 Å².